The number of piperidine rings is 1. The first-order valence-electron chi connectivity index (χ1n) is 8.77. The summed E-state index contributed by atoms with van der Waals surface area (Å²) in [6, 6.07) is 0.263. The summed E-state index contributed by atoms with van der Waals surface area (Å²) in [5.74, 6) is -0.0163. The number of likely N-dealkylation sites (tertiary alicyclic amines) is 1. The molecule has 1 atom stereocenters. The molecule has 23 heavy (non-hydrogen) atoms. The van der Waals surface area contributed by atoms with Crippen LogP contribution < -0.4 is 0 Å². The maximum Gasteiger partial charge on any atom is 0.327 e. The standard InChI is InChI=1S/C17H31N3O3/c1-6-14(4)18-9-7-17(8-10-18)15(21)20(13(2)3)16(22)19(17)11-12-23-5/h13-14H,6-12H2,1-5H3/t14-/m0/s1. The van der Waals surface area contributed by atoms with Gasteiger partial charge in [0.25, 0.3) is 5.91 Å². The lowest BCUT2D eigenvalue weighted by atomic mass is 9.85. The van der Waals surface area contributed by atoms with E-state index in [-0.39, 0.29) is 18.0 Å². The molecule has 0 aromatic carbocycles. The highest BCUT2D eigenvalue weighted by molar-refractivity contribution is 6.07. The van der Waals surface area contributed by atoms with E-state index >= 15 is 0 Å². The zero-order valence-electron chi connectivity index (χ0n) is 15.2. The fourth-order valence-corrected chi connectivity index (χ4v) is 3.76. The van der Waals surface area contributed by atoms with Gasteiger partial charge in [0.05, 0.1) is 6.61 Å². The molecule has 1 spiro atoms. The van der Waals surface area contributed by atoms with Crippen molar-refractivity contribution in [2.75, 3.05) is 33.4 Å². The van der Waals surface area contributed by atoms with Gasteiger partial charge in [-0.3, -0.25) is 9.69 Å². The quantitative estimate of drug-likeness (QED) is 0.700. The third-order valence-electron chi connectivity index (χ3n) is 5.45. The number of rotatable bonds is 6. The molecule has 0 aromatic heterocycles. The molecule has 132 valence electrons. The summed E-state index contributed by atoms with van der Waals surface area (Å²) >= 11 is 0. The molecule has 0 aromatic rings. The van der Waals surface area contributed by atoms with Gasteiger partial charge >= 0.3 is 6.03 Å². The average Bonchev–Trinajstić information content (AvgIpc) is 2.73. The van der Waals surface area contributed by atoms with Crippen LogP contribution in [-0.2, 0) is 9.53 Å². The summed E-state index contributed by atoms with van der Waals surface area (Å²) < 4.78 is 5.16. The molecular weight excluding hydrogens is 294 g/mol. The number of carbonyl (C=O) groups is 2. The van der Waals surface area contributed by atoms with Gasteiger partial charge in [-0.2, -0.15) is 0 Å². The highest BCUT2D eigenvalue weighted by Gasteiger charge is 2.58. The van der Waals surface area contributed by atoms with Crippen molar-refractivity contribution in [2.24, 2.45) is 0 Å². The predicted molar refractivity (Wildman–Crippen MR) is 89.3 cm³/mol. The minimum atomic E-state index is -0.663. The number of hydrogen-bond donors (Lipinski definition) is 0. The summed E-state index contributed by atoms with van der Waals surface area (Å²) in [7, 11) is 1.63. The fourth-order valence-electron chi connectivity index (χ4n) is 3.76. The highest BCUT2D eigenvalue weighted by atomic mass is 16.5. The highest BCUT2D eigenvalue weighted by Crippen LogP contribution is 2.38. The lowest BCUT2D eigenvalue weighted by Gasteiger charge is -2.43. The van der Waals surface area contributed by atoms with Crippen molar-refractivity contribution in [3.8, 4) is 0 Å². The Morgan fingerprint density at radius 3 is 2.26 bits per heavy atom. The van der Waals surface area contributed by atoms with E-state index in [2.05, 4.69) is 18.7 Å². The van der Waals surface area contributed by atoms with Crippen LogP contribution in [-0.4, -0.2) is 77.6 Å². The van der Waals surface area contributed by atoms with Crippen molar-refractivity contribution in [3.63, 3.8) is 0 Å². The number of amides is 3. The fraction of sp³-hybridized carbons (Fsp3) is 0.882. The van der Waals surface area contributed by atoms with Crippen LogP contribution in [0.2, 0.25) is 0 Å². The molecular formula is C17H31N3O3. The molecule has 6 nitrogen and oxygen atoms in total. The normalized spacial score (nSPS) is 23.4. The van der Waals surface area contributed by atoms with Gasteiger partial charge in [-0.15, -0.1) is 0 Å². The summed E-state index contributed by atoms with van der Waals surface area (Å²) in [5, 5.41) is 0. The maximum absolute atomic E-state index is 13.1. The molecule has 0 N–H and O–H groups in total. The molecule has 0 bridgehead atoms. The van der Waals surface area contributed by atoms with Crippen LogP contribution in [0.1, 0.15) is 47.0 Å². The first kappa shape index (κ1) is 18.2. The molecule has 0 radical (unpaired) electrons. The molecule has 2 aliphatic heterocycles. The van der Waals surface area contributed by atoms with Gasteiger partial charge in [0, 0.05) is 38.8 Å². The Morgan fingerprint density at radius 1 is 1.17 bits per heavy atom. The molecule has 2 heterocycles. The van der Waals surface area contributed by atoms with Gasteiger partial charge in [-0.1, -0.05) is 6.92 Å². The van der Waals surface area contributed by atoms with E-state index in [1.54, 1.807) is 12.0 Å². The van der Waals surface area contributed by atoms with E-state index in [0.29, 0.717) is 19.2 Å². The predicted octanol–water partition coefficient (Wildman–Crippen LogP) is 1.94. The van der Waals surface area contributed by atoms with Crippen molar-refractivity contribution in [1.29, 1.82) is 0 Å². The van der Waals surface area contributed by atoms with Gasteiger partial charge in [0.1, 0.15) is 5.54 Å². The van der Waals surface area contributed by atoms with Gasteiger partial charge < -0.3 is 14.5 Å². The van der Waals surface area contributed by atoms with Crippen LogP contribution in [0.4, 0.5) is 4.79 Å². The van der Waals surface area contributed by atoms with Crippen molar-refractivity contribution in [1.82, 2.24) is 14.7 Å². The smallest absolute Gasteiger partial charge is 0.327 e. The Morgan fingerprint density at radius 2 is 1.78 bits per heavy atom. The number of carbonyl (C=O) groups excluding carboxylic acids is 2. The number of nitrogens with zero attached hydrogens (tertiary/aromatic N) is 3. The van der Waals surface area contributed by atoms with Crippen LogP contribution in [0.15, 0.2) is 0 Å². The Labute approximate surface area is 139 Å². The largest absolute Gasteiger partial charge is 0.383 e. The van der Waals surface area contributed by atoms with Crippen LogP contribution in [0.3, 0.4) is 0 Å². The van der Waals surface area contributed by atoms with E-state index in [1.165, 1.54) is 4.90 Å². The first-order chi connectivity index (χ1) is 10.9. The summed E-state index contributed by atoms with van der Waals surface area (Å²) in [6.07, 6.45) is 2.54. The van der Waals surface area contributed by atoms with Gasteiger partial charge in [0.2, 0.25) is 0 Å². The van der Waals surface area contributed by atoms with Crippen molar-refractivity contribution in [3.05, 3.63) is 0 Å². The van der Waals surface area contributed by atoms with Gasteiger partial charge in [0.15, 0.2) is 0 Å². The Kier molecular flexibility index (Phi) is 5.68. The first-order valence-corrected chi connectivity index (χ1v) is 8.77. The molecule has 2 saturated heterocycles. The monoisotopic (exact) mass is 325 g/mol. The number of ether oxygens (including phenoxy) is 1. The molecule has 2 aliphatic rings. The van der Waals surface area contributed by atoms with Crippen molar-refractivity contribution < 1.29 is 14.3 Å². The minimum absolute atomic E-state index is 0.0163. The second-order valence-corrected chi connectivity index (χ2v) is 7.02. The van der Waals surface area contributed by atoms with E-state index in [1.807, 2.05) is 13.8 Å². The molecule has 3 amide bonds. The molecule has 2 rings (SSSR count). The van der Waals surface area contributed by atoms with E-state index in [0.717, 1.165) is 32.4 Å². The lowest BCUT2D eigenvalue weighted by molar-refractivity contribution is -0.137. The number of hydrogen-bond acceptors (Lipinski definition) is 4. The van der Waals surface area contributed by atoms with Crippen LogP contribution in [0, 0.1) is 0 Å². The SMILES string of the molecule is CC[C@H](C)N1CCC2(CC1)C(=O)N(C(C)C)C(=O)N2CCOC. The zero-order valence-corrected chi connectivity index (χ0v) is 15.2. The topological polar surface area (TPSA) is 53.1 Å². The minimum Gasteiger partial charge on any atom is -0.383 e. The second kappa shape index (κ2) is 7.18. The number of urea groups is 1. The molecule has 0 unspecified atom stereocenters. The number of imide groups is 1. The third kappa shape index (κ3) is 3.11. The van der Waals surface area contributed by atoms with Crippen LogP contribution in [0.25, 0.3) is 0 Å². The summed E-state index contributed by atoms with van der Waals surface area (Å²) in [6.45, 7) is 10.9. The summed E-state index contributed by atoms with van der Waals surface area (Å²) in [4.78, 5) is 31.5. The second-order valence-electron chi connectivity index (χ2n) is 7.02. The van der Waals surface area contributed by atoms with E-state index in [9.17, 15) is 9.59 Å². The lowest BCUT2D eigenvalue weighted by Crippen LogP contribution is -2.58. The van der Waals surface area contributed by atoms with Crippen LogP contribution >= 0.6 is 0 Å². The van der Waals surface area contributed by atoms with E-state index < -0.39 is 5.54 Å². The molecule has 0 aliphatic carbocycles. The summed E-state index contributed by atoms with van der Waals surface area (Å²) in [5.41, 5.74) is -0.663. The van der Waals surface area contributed by atoms with E-state index in [4.69, 9.17) is 4.74 Å². The molecule has 2 fully saturated rings. The van der Waals surface area contributed by atoms with Gasteiger partial charge in [-0.25, -0.2) is 4.79 Å². The Balaban J connectivity index is 2.23. The molecule has 0 saturated carbocycles. The Hall–Kier alpha value is -1.14. The third-order valence-corrected chi connectivity index (χ3v) is 5.45. The number of methoxy groups -OCH3 is 1. The Bertz CT molecular complexity index is 444. The zero-order chi connectivity index (χ0) is 17.2. The average molecular weight is 325 g/mol. The molecule has 6 heteroatoms. The van der Waals surface area contributed by atoms with Crippen molar-refractivity contribution in [2.45, 2.75) is 64.6 Å². The maximum atomic E-state index is 13.1. The van der Waals surface area contributed by atoms with Gasteiger partial charge in [-0.05, 0) is 40.0 Å². The van der Waals surface area contributed by atoms with Crippen molar-refractivity contribution >= 4 is 11.9 Å². The van der Waals surface area contributed by atoms with Crippen LogP contribution in [0.5, 0.6) is 0 Å².